The molecular formula is C19H27N7O. The molecule has 0 spiro atoms. The molecule has 0 atom stereocenters. The Hall–Kier alpha value is -2.29. The normalized spacial score (nSPS) is 19.3. The minimum atomic E-state index is 0.296. The molecule has 0 amide bonds. The van der Waals surface area contributed by atoms with Crippen molar-refractivity contribution < 1.29 is 4.74 Å². The first-order valence-electron chi connectivity index (χ1n) is 9.58. The maximum atomic E-state index is 5.93. The van der Waals surface area contributed by atoms with Gasteiger partial charge in [-0.15, -0.1) is 0 Å². The van der Waals surface area contributed by atoms with Crippen LogP contribution in [0.4, 0.5) is 11.9 Å². The van der Waals surface area contributed by atoms with Gasteiger partial charge in [-0.3, -0.25) is 9.80 Å². The minimum Gasteiger partial charge on any atom is -0.378 e. The molecule has 0 radical (unpaired) electrons. The maximum Gasteiger partial charge on any atom is 0.230 e. The topological polar surface area (TPSA) is 83.6 Å². The predicted octanol–water partition coefficient (Wildman–Crippen LogP) is 0.608. The molecule has 1 aromatic heterocycles. The van der Waals surface area contributed by atoms with Crippen molar-refractivity contribution in [2.45, 2.75) is 13.1 Å². The van der Waals surface area contributed by atoms with Crippen LogP contribution in [0.15, 0.2) is 30.3 Å². The zero-order valence-electron chi connectivity index (χ0n) is 15.6. The van der Waals surface area contributed by atoms with Gasteiger partial charge < -0.3 is 15.4 Å². The number of anilines is 2. The zero-order valence-corrected chi connectivity index (χ0v) is 15.6. The van der Waals surface area contributed by atoms with Gasteiger partial charge in [0, 0.05) is 45.8 Å². The lowest BCUT2D eigenvalue weighted by atomic mass is 10.2. The largest absolute Gasteiger partial charge is 0.378 e. The number of hydrogen-bond donors (Lipinski definition) is 1. The van der Waals surface area contributed by atoms with Crippen molar-refractivity contribution in [3.05, 3.63) is 41.7 Å². The van der Waals surface area contributed by atoms with E-state index in [-0.39, 0.29) is 0 Å². The number of piperazine rings is 1. The Morgan fingerprint density at radius 2 is 1.48 bits per heavy atom. The van der Waals surface area contributed by atoms with E-state index >= 15 is 0 Å². The van der Waals surface area contributed by atoms with E-state index in [0.717, 1.165) is 51.6 Å². The summed E-state index contributed by atoms with van der Waals surface area (Å²) in [7, 11) is 0. The van der Waals surface area contributed by atoms with Gasteiger partial charge in [-0.05, 0) is 5.56 Å². The number of aromatic nitrogens is 3. The Kier molecular flexibility index (Phi) is 5.76. The van der Waals surface area contributed by atoms with Gasteiger partial charge in [0.1, 0.15) is 5.82 Å². The summed E-state index contributed by atoms with van der Waals surface area (Å²) < 4.78 is 5.40. The van der Waals surface area contributed by atoms with Crippen LogP contribution in [0.1, 0.15) is 11.4 Å². The Morgan fingerprint density at radius 3 is 2.19 bits per heavy atom. The van der Waals surface area contributed by atoms with Gasteiger partial charge in [-0.2, -0.15) is 15.0 Å². The lowest BCUT2D eigenvalue weighted by Crippen LogP contribution is -2.45. The Labute approximate surface area is 160 Å². The highest BCUT2D eigenvalue weighted by Crippen LogP contribution is 2.14. The third-order valence-corrected chi connectivity index (χ3v) is 5.06. The molecule has 144 valence electrons. The quantitative estimate of drug-likeness (QED) is 0.821. The number of rotatable bonds is 5. The van der Waals surface area contributed by atoms with Gasteiger partial charge >= 0.3 is 0 Å². The fraction of sp³-hybridized carbons (Fsp3) is 0.526. The van der Waals surface area contributed by atoms with Crippen LogP contribution in [0.25, 0.3) is 0 Å². The third kappa shape index (κ3) is 4.91. The summed E-state index contributed by atoms with van der Waals surface area (Å²) in [6.07, 6.45) is 0. The van der Waals surface area contributed by atoms with E-state index in [9.17, 15) is 0 Å². The van der Waals surface area contributed by atoms with Gasteiger partial charge in [0.25, 0.3) is 0 Å². The van der Waals surface area contributed by atoms with E-state index in [2.05, 4.69) is 60.0 Å². The van der Waals surface area contributed by atoms with Crippen LogP contribution in [-0.2, 0) is 17.8 Å². The second-order valence-corrected chi connectivity index (χ2v) is 7.05. The summed E-state index contributed by atoms with van der Waals surface area (Å²) in [5.41, 5.74) is 7.30. The highest BCUT2D eigenvalue weighted by molar-refractivity contribution is 5.35. The van der Waals surface area contributed by atoms with Gasteiger partial charge in [-0.25, -0.2) is 0 Å². The van der Waals surface area contributed by atoms with E-state index in [0.29, 0.717) is 31.7 Å². The van der Waals surface area contributed by atoms with Crippen LogP contribution in [0.3, 0.4) is 0 Å². The molecular weight excluding hydrogens is 342 g/mol. The Balaban J connectivity index is 1.32. The van der Waals surface area contributed by atoms with Crippen molar-refractivity contribution in [1.29, 1.82) is 0 Å². The monoisotopic (exact) mass is 369 g/mol. The maximum absolute atomic E-state index is 5.93. The Morgan fingerprint density at radius 1 is 0.815 bits per heavy atom. The molecule has 2 saturated heterocycles. The van der Waals surface area contributed by atoms with Gasteiger partial charge in [0.2, 0.25) is 11.9 Å². The molecule has 8 heteroatoms. The van der Waals surface area contributed by atoms with Crippen molar-refractivity contribution in [3.8, 4) is 0 Å². The summed E-state index contributed by atoms with van der Waals surface area (Å²) >= 11 is 0. The second kappa shape index (κ2) is 8.60. The van der Waals surface area contributed by atoms with Gasteiger partial charge in [0.15, 0.2) is 0 Å². The number of nitrogens with two attached hydrogens (primary N) is 1. The summed E-state index contributed by atoms with van der Waals surface area (Å²) in [6, 6.07) is 10.6. The summed E-state index contributed by atoms with van der Waals surface area (Å²) in [6.45, 7) is 8.81. The van der Waals surface area contributed by atoms with Crippen LogP contribution in [-0.4, -0.2) is 77.2 Å². The number of hydrogen-bond acceptors (Lipinski definition) is 8. The molecule has 4 rings (SSSR count). The summed E-state index contributed by atoms with van der Waals surface area (Å²) in [4.78, 5) is 20.3. The second-order valence-electron chi connectivity index (χ2n) is 7.05. The van der Waals surface area contributed by atoms with E-state index in [4.69, 9.17) is 10.5 Å². The fourth-order valence-electron chi connectivity index (χ4n) is 3.55. The molecule has 2 N–H and O–H groups in total. The van der Waals surface area contributed by atoms with E-state index in [1.165, 1.54) is 5.56 Å². The van der Waals surface area contributed by atoms with Crippen LogP contribution in [0.5, 0.6) is 0 Å². The Bertz CT molecular complexity index is 728. The van der Waals surface area contributed by atoms with Crippen molar-refractivity contribution >= 4 is 11.9 Å². The first kappa shape index (κ1) is 18.1. The molecule has 0 bridgehead atoms. The first-order chi connectivity index (χ1) is 13.3. The summed E-state index contributed by atoms with van der Waals surface area (Å²) in [5.74, 6) is 1.72. The molecule has 2 aromatic rings. The van der Waals surface area contributed by atoms with Crippen molar-refractivity contribution in [2.75, 3.05) is 63.1 Å². The predicted molar refractivity (Wildman–Crippen MR) is 104 cm³/mol. The van der Waals surface area contributed by atoms with Crippen LogP contribution in [0.2, 0.25) is 0 Å². The molecule has 0 saturated carbocycles. The zero-order chi connectivity index (χ0) is 18.5. The van der Waals surface area contributed by atoms with Crippen LogP contribution >= 0.6 is 0 Å². The van der Waals surface area contributed by atoms with Crippen LogP contribution in [0, 0.1) is 0 Å². The number of ether oxygens (including phenoxy) is 1. The molecule has 0 unspecified atom stereocenters. The summed E-state index contributed by atoms with van der Waals surface area (Å²) in [5, 5.41) is 0. The number of nitrogens with zero attached hydrogens (tertiary/aromatic N) is 6. The lowest BCUT2D eigenvalue weighted by Gasteiger charge is -2.34. The van der Waals surface area contributed by atoms with Crippen molar-refractivity contribution in [1.82, 2.24) is 24.8 Å². The highest BCUT2D eigenvalue weighted by Gasteiger charge is 2.20. The van der Waals surface area contributed by atoms with Crippen molar-refractivity contribution in [3.63, 3.8) is 0 Å². The number of morpholine rings is 1. The molecule has 2 fully saturated rings. The standard InChI is InChI=1S/C19H27N7O/c20-18-21-17(22-19(23-18)26-10-12-27-13-11-26)15-25-8-6-24(7-9-25)14-16-4-2-1-3-5-16/h1-5H,6-15H2,(H2,20,21,22,23). The minimum absolute atomic E-state index is 0.296. The third-order valence-electron chi connectivity index (χ3n) is 5.06. The highest BCUT2D eigenvalue weighted by atomic mass is 16.5. The van der Waals surface area contributed by atoms with E-state index in [1.54, 1.807) is 0 Å². The van der Waals surface area contributed by atoms with Crippen LogP contribution < -0.4 is 10.6 Å². The van der Waals surface area contributed by atoms with Gasteiger partial charge in [-0.1, -0.05) is 30.3 Å². The SMILES string of the molecule is Nc1nc(CN2CCN(Cc3ccccc3)CC2)nc(N2CCOCC2)n1. The van der Waals surface area contributed by atoms with E-state index < -0.39 is 0 Å². The first-order valence-corrected chi connectivity index (χ1v) is 9.58. The number of nitrogen functional groups attached to an aromatic ring is 1. The molecule has 2 aliphatic heterocycles. The fourth-order valence-corrected chi connectivity index (χ4v) is 3.55. The van der Waals surface area contributed by atoms with Gasteiger partial charge in [0.05, 0.1) is 19.8 Å². The van der Waals surface area contributed by atoms with E-state index in [1.807, 2.05) is 0 Å². The number of benzene rings is 1. The lowest BCUT2D eigenvalue weighted by molar-refractivity contribution is 0.119. The average molecular weight is 369 g/mol. The molecule has 1 aromatic carbocycles. The average Bonchev–Trinajstić information content (AvgIpc) is 2.71. The molecule has 0 aliphatic carbocycles. The molecule has 2 aliphatic rings. The molecule has 27 heavy (non-hydrogen) atoms. The van der Waals surface area contributed by atoms with Crippen molar-refractivity contribution in [2.24, 2.45) is 0 Å². The molecule has 3 heterocycles. The smallest absolute Gasteiger partial charge is 0.230 e. The molecule has 8 nitrogen and oxygen atoms in total.